The van der Waals surface area contributed by atoms with Crippen LogP contribution in [0.25, 0.3) is 0 Å². The van der Waals surface area contributed by atoms with Crippen molar-refractivity contribution in [2.75, 3.05) is 6.61 Å². The first kappa shape index (κ1) is 17.1. The predicted molar refractivity (Wildman–Crippen MR) is 73.5 cm³/mol. The maximum absolute atomic E-state index is 11.2. The number of unbranched alkanes of at least 4 members (excludes halogenated alkanes) is 8. The lowest BCUT2D eigenvalue weighted by Gasteiger charge is -2.03. The van der Waals surface area contributed by atoms with E-state index in [4.69, 9.17) is 4.74 Å². The highest BCUT2D eigenvalue weighted by Crippen LogP contribution is 2.10. The molecule has 0 fully saturated rings. The molecule has 0 saturated carbocycles. The molecule has 0 N–H and O–H groups in total. The molecule has 0 amide bonds. The van der Waals surface area contributed by atoms with E-state index in [2.05, 4.69) is 6.92 Å². The molecule has 0 atom stereocenters. The lowest BCUT2D eigenvalue weighted by atomic mass is 10.1. The summed E-state index contributed by atoms with van der Waals surface area (Å²) in [5, 5.41) is 0. The molecular formula is C15H28O3. The van der Waals surface area contributed by atoms with Crippen LogP contribution in [-0.4, -0.2) is 18.4 Å². The maximum atomic E-state index is 11.2. The molecule has 0 aromatic heterocycles. The normalized spacial score (nSPS) is 10.3. The Bertz CT molecular complexity index is 224. The zero-order valence-corrected chi connectivity index (χ0v) is 12.0. The first-order valence-electron chi connectivity index (χ1n) is 7.32. The molecule has 3 nitrogen and oxygen atoms in total. The second kappa shape index (κ2) is 12.6. The predicted octanol–water partition coefficient (Wildman–Crippen LogP) is 4.04. The summed E-state index contributed by atoms with van der Waals surface area (Å²) >= 11 is 0. The van der Waals surface area contributed by atoms with Gasteiger partial charge in [0.1, 0.15) is 6.61 Å². The average Bonchev–Trinajstić information content (AvgIpc) is 2.34. The van der Waals surface area contributed by atoms with E-state index in [1.165, 1.54) is 51.9 Å². The monoisotopic (exact) mass is 256 g/mol. The van der Waals surface area contributed by atoms with Crippen molar-refractivity contribution < 1.29 is 14.3 Å². The van der Waals surface area contributed by atoms with E-state index < -0.39 is 0 Å². The Morgan fingerprint density at radius 2 is 1.33 bits per heavy atom. The fourth-order valence-electron chi connectivity index (χ4n) is 1.83. The Hall–Kier alpha value is -0.860. The molecule has 0 saturated heterocycles. The lowest BCUT2D eigenvalue weighted by Crippen LogP contribution is -2.10. The SMILES string of the molecule is CCCCCCCCCCCC(=O)OCC(C)=O. The van der Waals surface area contributed by atoms with E-state index in [1.807, 2.05) is 0 Å². The molecule has 3 heteroatoms. The minimum atomic E-state index is -0.242. The van der Waals surface area contributed by atoms with Crippen LogP contribution in [0.3, 0.4) is 0 Å². The summed E-state index contributed by atoms with van der Waals surface area (Å²) in [6, 6.07) is 0. The number of Topliss-reactive ketones (excluding diaryl/α,β-unsaturated/α-hetero) is 1. The quantitative estimate of drug-likeness (QED) is 0.391. The van der Waals surface area contributed by atoms with Gasteiger partial charge in [-0.05, 0) is 13.3 Å². The summed E-state index contributed by atoms with van der Waals surface area (Å²) in [6.07, 6.45) is 11.5. The van der Waals surface area contributed by atoms with Gasteiger partial charge in [-0.3, -0.25) is 9.59 Å². The second-order valence-electron chi connectivity index (χ2n) is 4.94. The third-order valence-electron chi connectivity index (χ3n) is 2.92. The van der Waals surface area contributed by atoms with E-state index >= 15 is 0 Å². The molecule has 18 heavy (non-hydrogen) atoms. The van der Waals surface area contributed by atoms with Crippen LogP contribution in [0.2, 0.25) is 0 Å². The molecule has 0 aliphatic rings. The Kier molecular flexibility index (Phi) is 12.0. The molecule has 0 aromatic rings. The van der Waals surface area contributed by atoms with Crippen LogP contribution in [-0.2, 0) is 14.3 Å². The minimum absolute atomic E-state index is 0.0732. The summed E-state index contributed by atoms with van der Waals surface area (Å²) in [5.41, 5.74) is 0. The van der Waals surface area contributed by atoms with Gasteiger partial charge in [0.2, 0.25) is 0 Å². The molecule has 0 aliphatic heterocycles. The van der Waals surface area contributed by atoms with Gasteiger partial charge in [-0.25, -0.2) is 0 Å². The van der Waals surface area contributed by atoms with Gasteiger partial charge in [0.25, 0.3) is 0 Å². The van der Waals surface area contributed by atoms with Crippen LogP contribution in [0.5, 0.6) is 0 Å². The van der Waals surface area contributed by atoms with Crippen molar-refractivity contribution in [2.24, 2.45) is 0 Å². The van der Waals surface area contributed by atoms with Crippen molar-refractivity contribution in [3.8, 4) is 0 Å². The van der Waals surface area contributed by atoms with E-state index in [0.29, 0.717) is 6.42 Å². The Morgan fingerprint density at radius 1 is 0.833 bits per heavy atom. The maximum Gasteiger partial charge on any atom is 0.306 e. The van der Waals surface area contributed by atoms with Gasteiger partial charge in [-0.1, -0.05) is 58.3 Å². The number of rotatable bonds is 12. The number of ether oxygens (including phenoxy) is 1. The Balaban J connectivity index is 3.15. The number of carbonyl (C=O) groups is 2. The summed E-state index contributed by atoms with van der Waals surface area (Å²) in [4.78, 5) is 21.8. The fourth-order valence-corrected chi connectivity index (χ4v) is 1.83. The summed E-state index contributed by atoms with van der Waals surface area (Å²) in [7, 11) is 0. The third kappa shape index (κ3) is 13.2. The van der Waals surface area contributed by atoms with Crippen molar-refractivity contribution in [1.29, 1.82) is 0 Å². The molecule has 0 heterocycles. The van der Waals surface area contributed by atoms with Crippen LogP contribution >= 0.6 is 0 Å². The van der Waals surface area contributed by atoms with Crippen molar-refractivity contribution >= 4 is 11.8 Å². The zero-order chi connectivity index (χ0) is 13.6. The number of hydrogen-bond acceptors (Lipinski definition) is 3. The van der Waals surface area contributed by atoms with E-state index in [9.17, 15) is 9.59 Å². The Morgan fingerprint density at radius 3 is 1.83 bits per heavy atom. The largest absolute Gasteiger partial charge is 0.458 e. The average molecular weight is 256 g/mol. The number of esters is 1. The minimum Gasteiger partial charge on any atom is -0.458 e. The van der Waals surface area contributed by atoms with Gasteiger partial charge in [0.05, 0.1) is 0 Å². The highest BCUT2D eigenvalue weighted by Gasteiger charge is 2.03. The van der Waals surface area contributed by atoms with Crippen LogP contribution in [0.1, 0.15) is 78.1 Å². The van der Waals surface area contributed by atoms with Crippen LogP contribution in [0, 0.1) is 0 Å². The van der Waals surface area contributed by atoms with Gasteiger partial charge in [-0.2, -0.15) is 0 Å². The van der Waals surface area contributed by atoms with E-state index in [1.54, 1.807) is 0 Å². The van der Waals surface area contributed by atoms with Crippen LogP contribution < -0.4 is 0 Å². The number of ketones is 1. The van der Waals surface area contributed by atoms with E-state index in [-0.39, 0.29) is 18.4 Å². The molecule has 0 unspecified atom stereocenters. The summed E-state index contributed by atoms with van der Waals surface area (Å²) in [6.45, 7) is 3.58. The van der Waals surface area contributed by atoms with Crippen LogP contribution in [0.4, 0.5) is 0 Å². The summed E-state index contributed by atoms with van der Waals surface area (Å²) in [5.74, 6) is -0.344. The fraction of sp³-hybridized carbons (Fsp3) is 0.867. The summed E-state index contributed by atoms with van der Waals surface area (Å²) < 4.78 is 4.79. The van der Waals surface area contributed by atoms with Crippen LogP contribution in [0.15, 0.2) is 0 Å². The highest BCUT2D eigenvalue weighted by atomic mass is 16.5. The first-order chi connectivity index (χ1) is 8.66. The molecule has 0 aromatic carbocycles. The Labute approximate surface area is 111 Å². The number of carbonyl (C=O) groups excluding carboxylic acids is 2. The topological polar surface area (TPSA) is 43.4 Å². The smallest absolute Gasteiger partial charge is 0.306 e. The van der Waals surface area contributed by atoms with Gasteiger partial charge in [-0.15, -0.1) is 0 Å². The van der Waals surface area contributed by atoms with Crippen molar-refractivity contribution in [1.82, 2.24) is 0 Å². The molecule has 106 valence electrons. The first-order valence-corrected chi connectivity index (χ1v) is 7.32. The third-order valence-corrected chi connectivity index (χ3v) is 2.92. The molecule has 0 radical (unpaired) electrons. The zero-order valence-electron chi connectivity index (χ0n) is 12.0. The lowest BCUT2D eigenvalue weighted by molar-refractivity contribution is -0.147. The van der Waals surface area contributed by atoms with Gasteiger partial charge in [0.15, 0.2) is 5.78 Å². The standard InChI is InChI=1S/C15H28O3/c1-3-4-5-6-7-8-9-10-11-12-15(17)18-13-14(2)16/h3-13H2,1-2H3. The van der Waals surface area contributed by atoms with E-state index in [0.717, 1.165) is 12.8 Å². The molecular weight excluding hydrogens is 228 g/mol. The highest BCUT2D eigenvalue weighted by molar-refractivity contribution is 5.80. The molecule has 0 rings (SSSR count). The van der Waals surface area contributed by atoms with Crippen molar-refractivity contribution in [3.63, 3.8) is 0 Å². The molecule has 0 bridgehead atoms. The van der Waals surface area contributed by atoms with Crippen molar-refractivity contribution in [3.05, 3.63) is 0 Å². The second-order valence-corrected chi connectivity index (χ2v) is 4.94. The van der Waals surface area contributed by atoms with Gasteiger partial charge >= 0.3 is 5.97 Å². The van der Waals surface area contributed by atoms with Gasteiger partial charge < -0.3 is 4.74 Å². The molecule has 0 spiro atoms. The van der Waals surface area contributed by atoms with Gasteiger partial charge in [0, 0.05) is 6.42 Å². The number of hydrogen-bond donors (Lipinski definition) is 0. The van der Waals surface area contributed by atoms with Crippen molar-refractivity contribution in [2.45, 2.75) is 78.1 Å². The molecule has 0 aliphatic carbocycles.